The zero-order chi connectivity index (χ0) is 24.9. The zero-order valence-electron chi connectivity index (χ0n) is 21.6. The van der Waals surface area contributed by atoms with E-state index in [1.807, 2.05) is 20.9 Å². The topological polar surface area (TPSA) is 77.2 Å². The van der Waals surface area contributed by atoms with Gasteiger partial charge in [0.1, 0.15) is 5.69 Å². The van der Waals surface area contributed by atoms with Crippen LogP contribution in [0.1, 0.15) is 50.9 Å². The van der Waals surface area contributed by atoms with Crippen molar-refractivity contribution >= 4 is 28.1 Å². The Bertz CT molecular complexity index is 1280. The van der Waals surface area contributed by atoms with Crippen molar-refractivity contribution in [2.45, 2.75) is 53.0 Å². The highest BCUT2D eigenvalue weighted by atomic mass is 16.5. The number of anilines is 1. The van der Waals surface area contributed by atoms with Gasteiger partial charge in [-0.2, -0.15) is 5.10 Å². The van der Waals surface area contributed by atoms with Crippen LogP contribution in [-0.4, -0.2) is 65.4 Å². The van der Waals surface area contributed by atoms with Crippen molar-refractivity contribution in [2.24, 2.45) is 5.41 Å². The maximum absolute atomic E-state index is 13.4. The van der Waals surface area contributed by atoms with Gasteiger partial charge >= 0.3 is 0 Å². The highest BCUT2D eigenvalue weighted by Gasteiger charge is 2.30. The van der Waals surface area contributed by atoms with Gasteiger partial charge in [0.05, 0.1) is 24.9 Å². The predicted octanol–water partition coefficient (Wildman–Crippen LogP) is 4.79. The van der Waals surface area contributed by atoms with Crippen LogP contribution in [0, 0.1) is 5.41 Å². The first-order valence-electron chi connectivity index (χ1n) is 12.6. The molecule has 7 heteroatoms. The third-order valence-electron chi connectivity index (χ3n) is 7.77. The Kier molecular flexibility index (Phi) is 6.09. The lowest BCUT2D eigenvalue weighted by Crippen LogP contribution is -2.50. The summed E-state index contributed by atoms with van der Waals surface area (Å²) in [5.41, 5.74) is 8.74. The number of aromatic nitrogens is 3. The van der Waals surface area contributed by atoms with Crippen LogP contribution in [0.25, 0.3) is 27.9 Å². The number of hydrogen-bond donors (Lipinski definition) is 2. The second-order valence-corrected chi connectivity index (χ2v) is 11.0. The Hall–Kier alpha value is -2.90. The fraction of sp³-hybridized carbons (Fsp3) is 0.500. The largest absolute Gasteiger partial charge is 0.379 e. The van der Waals surface area contributed by atoms with Crippen LogP contribution < -0.4 is 4.90 Å². The van der Waals surface area contributed by atoms with Crippen LogP contribution in [-0.2, 0) is 22.4 Å². The summed E-state index contributed by atoms with van der Waals surface area (Å²) in [6, 6.07) is 6.12. The average molecular weight is 476 g/mol. The molecule has 186 valence electrons. The van der Waals surface area contributed by atoms with Gasteiger partial charge in [-0.3, -0.25) is 14.8 Å². The highest BCUT2D eigenvalue weighted by Crippen LogP contribution is 2.39. The number of likely N-dealkylation sites (N-methyl/N-ethyl adjacent to an activating group) is 1. The number of rotatable bonds is 5. The number of morpholine rings is 1. The van der Waals surface area contributed by atoms with E-state index in [4.69, 9.17) is 9.84 Å². The number of allylic oxidation sites excluding steroid dienone is 1. The number of nitrogens with zero attached hydrogens (tertiary/aromatic N) is 3. The second-order valence-electron chi connectivity index (χ2n) is 11.0. The van der Waals surface area contributed by atoms with Crippen molar-refractivity contribution in [3.05, 3.63) is 41.6 Å². The first-order valence-corrected chi connectivity index (χ1v) is 12.6. The molecule has 2 aliphatic rings. The molecule has 3 heterocycles. The average Bonchev–Trinajstić information content (AvgIpc) is 3.45. The molecule has 1 atom stereocenters. The third kappa shape index (κ3) is 4.43. The molecule has 1 fully saturated rings. The van der Waals surface area contributed by atoms with Gasteiger partial charge in [0.2, 0.25) is 5.91 Å². The summed E-state index contributed by atoms with van der Waals surface area (Å²) in [6.45, 7) is 15.8. The Labute approximate surface area is 207 Å². The fourth-order valence-electron chi connectivity index (χ4n) is 5.50. The minimum Gasteiger partial charge on any atom is -0.379 e. The van der Waals surface area contributed by atoms with Gasteiger partial charge < -0.3 is 14.6 Å². The minimum absolute atomic E-state index is 0.0784. The van der Waals surface area contributed by atoms with Crippen LogP contribution in [0.2, 0.25) is 0 Å². The van der Waals surface area contributed by atoms with E-state index in [9.17, 15) is 4.79 Å². The van der Waals surface area contributed by atoms with E-state index in [0.717, 1.165) is 71.5 Å². The number of benzene rings is 1. The zero-order valence-corrected chi connectivity index (χ0v) is 21.6. The summed E-state index contributed by atoms with van der Waals surface area (Å²) in [5, 5.41) is 9.10. The number of carbonyl (C=O) groups excluding carboxylic acids is 1. The van der Waals surface area contributed by atoms with Crippen LogP contribution in [0.3, 0.4) is 0 Å². The highest BCUT2D eigenvalue weighted by molar-refractivity contribution is 6.02. The quantitative estimate of drug-likeness (QED) is 0.556. The minimum atomic E-state index is -0.202. The van der Waals surface area contributed by atoms with E-state index in [0.29, 0.717) is 18.6 Å². The predicted molar refractivity (Wildman–Crippen MR) is 142 cm³/mol. The number of H-pyrrole nitrogens is 2. The molecule has 5 rings (SSSR count). The van der Waals surface area contributed by atoms with Gasteiger partial charge in [-0.25, -0.2) is 0 Å². The van der Waals surface area contributed by atoms with Gasteiger partial charge in [0, 0.05) is 48.0 Å². The molecule has 2 N–H and O–H groups in total. The lowest BCUT2D eigenvalue weighted by atomic mass is 9.76. The lowest BCUT2D eigenvalue weighted by molar-refractivity contribution is -0.124. The van der Waals surface area contributed by atoms with Crippen molar-refractivity contribution in [3.63, 3.8) is 0 Å². The first-order chi connectivity index (χ1) is 16.6. The SMILES string of the molecule is C=C(C)c1cc(N(C)C(=O)[C@@H](C)N2CCOCC2)cc2[nH]c(-c3n[nH]c4c3CCC(C)(C)C4)cc12. The van der Waals surface area contributed by atoms with E-state index in [2.05, 4.69) is 53.6 Å². The van der Waals surface area contributed by atoms with Crippen molar-refractivity contribution < 1.29 is 9.53 Å². The van der Waals surface area contributed by atoms with Gasteiger partial charge in [0.25, 0.3) is 0 Å². The van der Waals surface area contributed by atoms with Crippen molar-refractivity contribution in [2.75, 3.05) is 38.3 Å². The van der Waals surface area contributed by atoms with Gasteiger partial charge in [-0.05, 0) is 62.3 Å². The second kappa shape index (κ2) is 8.95. The summed E-state index contributed by atoms with van der Waals surface area (Å²) in [7, 11) is 1.86. The molecule has 1 saturated heterocycles. The van der Waals surface area contributed by atoms with E-state index in [1.165, 1.54) is 11.3 Å². The van der Waals surface area contributed by atoms with Crippen molar-refractivity contribution in [1.29, 1.82) is 0 Å². The molecule has 1 aliphatic heterocycles. The number of fused-ring (bicyclic) bond motifs is 2. The van der Waals surface area contributed by atoms with Crippen molar-refractivity contribution in [3.8, 4) is 11.4 Å². The summed E-state index contributed by atoms with van der Waals surface area (Å²) in [4.78, 5) is 20.9. The van der Waals surface area contributed by atoms with E-state index >= 15 is 0 Å². The molecule has 2 aromatic heterocycles. The summed E-state index contributed by atoms with van der Waals surface area (Å²) in [5.74, 6) is 0.0784. The molecule has 0 bridgehead atoms. The smallest absolute Gasteiger partial charge is 0.243 e. The molecule has 0 spiro atoms. The molecule has 1 aliphatic carbocycles. The molecular formula is C28H37N5O2. The molecular weight excluding hydrogens is 438 g/mol. The molecule has 0 unspecified atom stereocenters. The molecule has 35 heavy (non-hydrogen) atoms. The number of hydrogen-bond acceptors (Lipinski definition) is 4. The first kappa shape index (κ1) is 23.8. The normalized spacial score (nSPS) is 18.9. The number of aromatic amines is 2. The molecule has 0 saturated carbocycles. The Balaban J connectivity index is 1.50. The Morgan fingerprint density at radius 2 is 2.00 bits per heavy atom. The molecule has 7 nitrogen and oxygen atoms in total. The van der Waals surface area contributed by atoms with Gasteiger partial charge in [-0.1, -0.05) is 26.0 Å². The number of nitrogens with one attached hydrogen (secondary N) is 2. The van der Waals surface area contributed by atoms with E-state index in [-0.39, 0.29) is 11.9 Å². The lowest BCUT2D eigenvalue weighted by Gasteiger charge is -2.33. The van der Waals surface area contributed by atoms with E-state index in [1.54, 1.807) is 4.90 Å². The summed E-state index contributed by atoms with van der Waals surface area (Å²) < 4.78 is 5.45. The number of carbonyl (C=O) groups is 1. The maximum atomic E-state index is 13.4. The van der Waals surface area contributed by atoms with Gasteiger partial charge in [0.15, 0.2) is 0 Å². The molecule has 0 radical (unpaired) electrons. The van der Waals surface area contributed by atoms with Gasteiger partial charge in [-0.15, -0.1) is 0 Å². The van der Waals surface area contributed by atoms with E-state index < -0.39 is 0 Å². The van der Waals surface area contributed by atoms with Crippen molar-refractivity contribution in [1.82, 2.24) is 20.1 Å². The standard InChI is InChI=1S/C28H37N5O2/c1-17(2)21-13-19(32(6)27(34)18(3)33-9-11-35-12-10-33)14-23-22(21)15-24(29-23)26-20-7-8-28(4,5)16-25(20)30-31-26/h13-15,18,29H,1,7-12,16H2,2-6H3,(H,30,31)/t18-/m1/s1. The number of ether oxygens (including phenoxy) is 1. The van der Waals surface area contributed by atoms with Crippen LogP contribution in [0.5, 0.6) is 0 Å². The van der Waals surface area contributed by atoms with Crippen LogP contribution in [0.4, 0.5) is 5.69 Å². The monoisotopic (exact) mass is 475 g/mol. The maximum Gasteiger partial charge on any atom is 0.243 e. The summed E-state index contributed by atoms with van der Waals surface area (Å²) >= 11 is 0. The fourth-order valence-corrected chi connectivity index (χ4v) is 5.50. The Morgan fingerprint density at radius 3 is 2.71 bits per heavy atom. The van der Waals surface area contributed by atoms with Crippen LogP contribution in [0.15, 0.2) is 24.8 Å². The molecule has 3 aromatic rings. The van der Waals surface area contributed by atoms with Crippen LogP contribution >= 0.6 is 0 Å². The molecule has 1 amide bonds. The Morgan fingerprint density at radius 1 is 1.26 bits per heavy atom. The summed E-state index contributed by atoms with van der Waals surface area (Å²) in [6.07, 6.45) is 3.20. The molecule has 1 aromatic carbocycles. The number of amides is 1. The third-order valence-corrected chi connectivity index (χ3v) is 7.77.